The van der Waals surface area contributed by atoms with E-state index >= 15 is 0 Å². The Kier molecular flexibility index (Phi) is 7.53. The van der Waals surface area contributed by atoms with Crippen LogP contribution in [0.4, 0.5) is 8.78 Å². The summed E-state index contributed by atoms with van der Waals surface area (Å²) >= 11 is 0. The number of hydrogen-bond donors (Lipinski definition) is 3. The van der Waals surface area contributed by atoms with Crippen LogP contribution in [0.15, 0.2) is 54.6 Å². The van der Waals surface area contributed by atoms with E-state index in [-0.39, 0.29) is 17.4 Å². The zero-order valence-corrected chi connectivity index (χ0v) is 19.4. The van der Waals surface area contributed by atoms with Crippen molar-refractivity contribution in [1.82, 2.24) is 5.32 Å². The van der Waals surface area contributed by atoms with Crippen molar-refractivity contribution in [2.75, 3.05) is 6.54 Å². The monoisotopic (exact) mass is 442 g/mol. The smallest absolute Gasteiger partial charge is 0.126 e. The first-order valence-corrected chi connectivity index (χ1v) is 11.4. The maximum Gasteiger partial charge on any atom is 0.126 e. The van der Waals surface area contributed by atoms with Gasteiger partial charge in [0.25, 0.3) is 0 Å². The number of allylic oxidation sites excluding steroid dienone is 1. The molecule has 0 amide bonds. The molecular weight excluding hydrogens is 406 g/mol. The third kappa shape index (κ3) is 6.03. The molecule has 0 spiro atoms. The van der Waals surface area contributed by atoms with Crippen LogP contribution in [0.2, 0.25) is 0 Å². The van der Waals surface area contributed by atoms with Gasteiger partial charge in [-0.2, -0.15) is 0 Å². The average Bonchev–Trinajstić information content (AvgIpc) is 2.72. The minimum absolute atomic E-state index is 0.0392. The molecule has 0 radical (unpaired) electrons. The first-order chi connectivity index (χ1) is 15.0. The molecule has 0 saturated heterocycles. The molecule has 2 atom stereocenters. The Morgan fingerprint density at radius 3 is 2.31 bits per heavy atom. The Balaban J connectivity index is 1.75. The van der Waals surface area contributed by atoms with Gasteiger partial charge >= 0.3 is 0 Å². The Bertz CT molecular complexity index is 921. The Hall–Kier alpha value is -2.08. The molecule has 1 aliphatic carbocycles. The summed E-state index contributed by atoms with van der Waals surface area (Å²) in [7, 11) is 0. The number of rotatable bonds is 7. The summed E-state index contributed by atoms with van der Waals surface area (Å²) in [6, 6.07) is 11.4. The third-order valence-corrected chi connectivity index (χ3v) is 6.63. The predicted molar refractivity (Wildman–Crippen MR) is 126 cm³/mol. The second-order valence-electron chi connectivity index (χ2n) is 10.3. The molecule has 0 unspecified atom stereocenters. The Morgan fingerprint density at radius 1 is 1.09 bits per heavy atom. The van der Waals surface area contributed by atoms with Gasteiger partial charge in [0.15, 0.2) is 0 Å². The van der Waals surface area contributed by atoms with Crippen LogP contribution in [-0.2, 0) is 17.4 Å². The highest BCUT2D eigenvalue weighted by atomic mass is 19.1. The fourth-order valence-electron chi connectivity index (χ4n) is 4.47. The molecule has 2 aromatic carbocycles. The summed E-state index contributed by atoms with van der Waals surface area (Å²) < 4.78 is 27.0. The molecule has 4 N–H and O–H groups in total. The number of aliphatic hydroxyl groups excluding tert-OH is 1. The van der Waals surface area contributed by atoms with Gasteiger partial charge < -0.3 is 16.2 Å². The topological polar surface area (TPSA) is 58.3 Å². The molecule has 174 valence electrons. The van der Waals surface area contributed by atoms with Crippen LogP contribution in [0.5, 0.6) is 0 Å². The van der Waals surface area contributed by atoms with Crippen LogP contribution in [0.3, 0.4) is 0 Å². The van der Waals surface area contributed by atoms with E-state index in [4.69, 9.17) is 5.73 Å². The van der Waals surface area contributed by atoms with Gasteiger partial charge in [-0.15, -0.1) is 0 Å². The van der Waals surface area contributed by atoms with E-state index in [0.29, 0.717) is 12.1 Å². The van der Waals surface area contributed by atoms with E-state index in [2.05, 4.69) is 56.9 Å². The summed E-state index contributed by atoms with van der Waals surface area (Å²) in [6.45, 7) is 11.1. The third-order valence-electron chi connectivity index (χ3n) is 6.63. The van der Waals surface area contributed by atoms with Crippen LogP contribution in [0.1, 0.15) is 63.1 Å². The SMILES string of the molecule is C=C1CCC(NC[C@@H](O)[C@@H](N)Cc2cc(F)cc(F)c2)(c2cccc(C(C)(C)C)c2)CC1. The summed E-state index contributed by atoms with van der Waals surface area (Å²) in [5.74, 6) is -1.28. The van der Waals surface area contributed by atoms with Crippen LogP contribution in [0, 0.1) is 11.6 Å². The summed E-state index contributed by atoms with van der Waals surface area (Å²) in [5, 5.41) is 14.4. The number of nitrogens with one attached hydrogen (secondary N) is 1. The van der Waals surface area contributed by atoms with Crippen LogP contribution in [-0.4, -0.2) is 23.8 Å². The summed E-state index contributed by atoms with van der Waals surface area (Å²) in [4.78, 5) is 0. The molecule has 3 rings (SSSR count). The molecule has 1 fully saturated rings. The highest BCUT2D eigenvalue weighted by Crippen LogP contribution is 2.40. The van der Waals surface area contributed by atoms with Gasteiger partial charge in [-0.25, -0.2) is 8.78 Å². The number of benzene rings is 2. The molecule has 0 aliphatic heterocycles. The van der Waals surface area contributed by atoms with E-state index < -0.39 is 23.8 Å². The van der Waals surface area contributed by atoms with Crippen LogP contribution < -0.4 is 11.1 Å². The average molecular weight is 443 g/mol. The highest BCUT2D eigenvalue weighted by molar-refractivity contribution is 5.34. The van der Waals surface area contributed by atoms with E-state index in [1.54, 1.807) is 0 Å². The van der Waals surface area contributed by atoms with Crippen molar-refractivity contribution in [3.63, 3.8) is 0 Å². The molecule has 1 aliphatic rings. The van der Waals surface area contributed by atoms with E-state index in [9.17, 15) is 13.9 Å². The zero-order chi connectivity index (χ0) is 23.5. The van der Waals surface area contributed by atoms with Crippen molar-refractivity contribution in [3.8, 4) is 0 Å². The molecule has 0 aromatic heterocycles. The first-order valence-electron chi connectivity index (χ1n) is 11.4. The van der Waals surface area contributed by atoms with Crippen molar-refractivity contribution in [2.45, 2.75) is 76.0 Å². The largest absolute Gasteiger partial charge is 0.390 e. The number of halogens is 2. The zero-order valence-electron chi connectivity index (χ0n) is 19.4. The standard InChI is InChI=1S/C27H36F2N2O/c1-18-8-10-27(11-9-18,21-7-5-6-20(15-21)26(2,3)4)31-17-25(32)24(30)14-19-12-22(28)16-23(29)13-19/h5-7,12-13,15-16,24-25,31-32H,1,8-11,14,17,30H2,2-4H3/t24-,25+/m0/s1. The van der Waals surface area contributed by atoms with Gasteiger partial charge in [0.1, 0.15) is 11.6 Å². The molecule has 0 bridgehead atoms. The maximum absolute atomic E-state index is 13.5. The molecule has 3 nitrogen and oxygen atoms in total. The van der Waals surface area contributed by atoms with Crippen molar-refractivity contribution in [3.05, 3.63) is 82.9 Å². The van der Waals surface area contributed by atoms with Crippen molar-refractivity contribution >= 4 is 0 Å². The van der Waals surface area contributed by atoms with Gasteiger partial charge in [-0.05, 0) is 66.3 Å². The van der Waals surface area contributed by atoms with E-state index in [0.717, 1.165) is 31.7 Å². The normalized spacial score (nSPS) is 18.4. The molecule has 2 aromatic rings. The van der Waals surface area contributed by atoms with Gasteiger partial charge in [-0.3, -0.25) is 0 Å². The molecule has 1 saturated carbocycles. The van der Waals surface area contributed by atoms with Crippen molar-refractivity contribution < 1.29 is 13.9 Å². The Labute approximate surface area is 190 Å². The Morgan fingerprint density at radius 2 is 1.72 bits per heavy atom. The lowest BCUT2D eigenvalue weighted by Crippen LogP contribution is -2.51. The minimum atomic E-state index is -0.853. The van der Waals surface area contributed by atoms with Crippen molar-refractivity contribution in [2.24, 2.45) is 5.73 Å². The lowest BCUT2D eigenvalue weighted by molar-refractivity contribution is 0.120. The van der Waals surface area contributed by atoms with E-state index in [1.807, 2.05) is 0 Å². The summed E-state index contributed by atoms with van der Waals surface area (Å²) in [5.41, 5.74) is 10.1. The lowest BCUT2D eigenvalue weighted by Gasteiger charge is -2.41. The predicted octanol–water partition coefficient (Wildman–Crippen LogP) is 5.11. The molecular formula is C27H36F2N2O. The van der Waals surface area contributed by atoms with Gasteiger partial charge in [-0.1, -0.05) is 57.2 Å². The molecule has 32 heavy (non-hydrogen) atoms. The lowest BCUT2D eigenvalue weighted by atomic mass is 9.73. The number of aliphatic hydroxyl groups is 1. The van der Waals surface area contributed by atoms with E-state index in [1.165, 1.54) is 28.8 Å². The molecule has 0 heterocycles. The fraction of sp³-hybridized carbons (Fsp3) is 0.481. The number of hydrogen-bond acceptors (Lipinski definition) is 3. The number of nitrogens with two attached hydrogens (primary N) is 1. The van der Waals surface area contributed by atoms with Crippen LogP contribution >= 0.6 is 0 Å². The van der Waals surface area contributed by atoms with Crippen LogP contribution in [0.25, 0.3) is 0 Å². The quantitative estimate of drug-likeness (QED) is 0.523. The van der Waals surface area contributed by atoms with Crippen molar-refractivity contribution in [1.29, 1.82) is 0 Å². The van der Waals surface area contributed by atoms with Gasteiger partial charge in [0.05, 0.1) is 6.10 Å². The maximum atomic E-state index is 13.5. The second-order valence-corrected chi connectivity index (χ2v) is 10.3. The second kappa shape index (κ2) is 9.82. The highest BCUT2D eigenvalue weighted by Gasteiger charge is 2.36. The fourth-order valence-corrected chi connectivity index (χ4v) is 4.47. The minimum Gasteiger partial charge on any atom is -0.390 e. The van der Waals surface area contributed by atoms with Gasteiger partial charge in [0.2, 0.25) is 0 Å². The van der Waals surface area contributed by atoms with Gasteiger partial charge in [0, 0.05) is 24.2 Å². The first kappa shape index (κ1) is 24.6. The molecule has 5 heteroatoms. The summed E-state index contributed by atoms with van der Waals surface area (Å²) in [6.07, 6.45) is 3.00.